The summed E-state index contributed by atoms with van der Waals surface area (Å²) in [5.74, 6) is -0.677. The van der Waals surface area contributed by atoms with Gasteiger partial charge in [-0.2, -0.15) is 0 Å². The molecule has 1 aliphatic heterocycles. The van der Waals surface area contributed by atoms with Crippen molar-refractivity contribution in [1.82, 2.24) is 5.32 Å². The zero-order chi connectivity index (χ0) is 15.3. The highest BCUT2D eigenvalue weighted by molar-refractivity contribution is 5.80. The van der Waals surface area contributed by atoms with Crippen molar-refractivity contribution < 1.29 is 34.3 Å². The summed E-state index contributed by atoms with van der Waals surface area (Å²) in [5, 5.41) is 30.9. The number of carbonyl (C=O) groups excluding carboxylic acids is 1. The molecule has 8 heteroatoms. The third kappa shape index (κ3) is 3.87. The average molecular weight is 293 g/mol. The first-order chi connectivity index (χ1) is 9.46. The minimum Gasteiger partial charge on any atom is -0.396 e. The van der Waals surface area contributed by atoms with E-state index in [2.05, 4.69) is 5.32 Å². The molecule has 1 saturated heterocycles. The fourth-order valence-electron chi connectivity index (χ4n) is 2.17. The van der Waals surface area contributed by atoms with Crippen LogP contribution in [0.5, 0.6) is 0 Å². The highest BCUT2D eigenvalue weighted by Gasteiger charge is 2.45. The number of hydrogen-bond donors (Lipinski definition) is 4. The van der Waals surface area contributed by atoms with Crippen molar-refractivity contribution in [1.29, 1.82) is 0 Å². The molecule has 4 N–H and O–H groups in total. The van der Waals surface area contributed by atoms with Crippen LogP contribution in [0, 0.1) is 0 Å². The molecule has 0 bridgehead atoms. The summed E-state index contributed by atoms with van der Waals surface area (Å²) >= 11 is 0. The van der Waals surface area contributed by atoms with Gasteiger partial charge >= 0.3 is 0 Å². The summed E-state index contributed by atoms with van der Waals surface area (Å²) in [6.45, 7) is 1.37. The number of amides is 1. The van der Waals surface area contributed by atoms with Crippen LogP contribution in [-0.2, 0) is 19.0 Å². The van der Waals surface area contributed by atoms with Gasteiger partial charge in [-0.1, -0.05) is 0 Å². The Labute approximate surface area is 117 Å². The lowest BCUT2D eigenvalue weighted by molar-refractivity contribution is -0.269. The van der Waals surface area contributed by atoms with Gasteiger partial charge in [-0.25, -0.2) is 0 Å². The molecule has 0 spiro atoms. The third-order valence-electron chi connectivity index (χ3n) is 3.35. The van der Waals surface area contributed by atoms with Crippen LogP contribution in [0.1, 0.15) is 13.3 Å². The Morgan fingerprint density at radius 1 is 1.40 bits per heavy atom. The zero-order valence-electron chi connectivity index (χ0n) is 11.9. The molecule has 0 aromatic carbocycles. The molecular formula is C12H23NO7. The molecule has 0 aromatic rings. The maximum absolute atomic E-state index is 11.7. The number of aliphatic hydroxyl groups is 3. The Balaban J connectivity index is 2.71. The highest BCUT2D eigenvalue weighted by Crippen LogP contribution is 2.23. The van der Waals surface area contributed by atoms with E-state index in [1.54, 1.807) is 6.92 Å². The van der Waals surface area contributed by atoms with Crippen molar-refractivity contribution in [3.05, 3.63) is 0 Å². The maximum atomic E-state index is 11.7. The molecule has 0 aliphatic carbocycles. The van der Waals surface area contributed by atoms with Crippen LogP contribution in [-0.4, -0.2) is 78.8 Å². The van der Waals surface area contributed by atoms with Crippen LogP contribution in [0.25, 0.3) is 0 Å². The molecule has 0 unspecified atom stereocenters. The van der Waals surface area contributed by atoms with E-state index < -0.39 is 42.7 Å². The van der Waals surface area contributed by atoms with E-state index in [4.69, 9.17) is 19.3 Å². The predicted octanol–water partition coefficient (Wildman–Crippen LogP) is -2.02. The van der Waals surface area contributed by atoms with Crippen molar-refractivity contribution in [2.24, 2.45) is 0 Å². The second-order valence-electron chi connectivity index (χ2n) is 4.70. The first-order valence-corrected chi connectivity index (χ1v) is 6.44. The fraction of sp³-hybridized carbons (Fsp3) is 0.917. The molecule has 6 atom stereocenters. The van der Waals surface area contributed by atoms with E-state index >= 15 is 0 Å². The van der Waals surface area contributed by atoms with Gasteiger partial charge in [-0.05, 0) is 6.92 Å². The smallest absolute Gasteiger partial charge is 0.249 e. The third-order valence-corrected chi connectivity index (χ3v) is 3.35. The van der Waals surface area contributed by atoms with Crippen molar-refractivity contribution in [3.8, 4) is 0 Å². The van der Waals surface area contributed by atoms with E-state index in [1.807, 2.05) is 0 Å². The van der Waals surface area contributed by atoms with Gasteiger partial charge < -0.3 is 34.8 Å². The molecule has 1 heterocycles. The van der Waals surface area contributed by atoms with E-state index in [9.17, 15) is 15.0 Å². The molecule has 0 radical (unpaired) electrons. The second kappa shape index (κ2) is 7.87. The Kier molecular flexibility index (Phi) is 6.80. The van der Waals surface area contributed by atoms with E-state index in [0.29, 0.717) is 0 Å². The van der Waals surface area contributed by atoms with Crippen molar-refractivity contribution in [2.75, 3.05) is 20.8 Å². The monoisotopic (exact) mass is 293 g/mol. The topological polar surface area (TPSA) is 117 Å². The number of rotatable bonds is 6. The Morgan fingerprint density at radius 2 is 2.05 bits per heavy atom. The SMILES string of the molecule is CO[C@H]1O[C@H](C)[C@@H](NC(=O)[C@@H](O)CCO)[C@H](O)[C@@H]1OC. The van der Waals surface area contributed by atoms with Crippen LogP contribution in [0.3, 0.4) is 0 Å². The van der Waals surface area contributed by atoms with E-state index in [0.717, 1.165) is 0 Å². The van der Waals surface area contributed by atoms with Gasteiger partial charge in [0.25, 0.3) is 0 Å². The Morgan fingerprint density at radius 3 is 2.55 bits per heavy atom. The molecule has 8 nitrogen and oxygen atoms in total. The predicted molar refractivity (Wildman–Crippen MR) is 67.8 cm³/mol. The van der Waals surface area contributed by atoms with Gasteiger partial charge in [0.15, 0.2) is 6.29 Å². The van der Waals surface area contributed by atoms with Gasteiger partial charge in [0.1, 0.15) is 18.3 Å². The summed E-state index contributed by atoms with van der Waals surface area (Å²) in [6.07, 6.45) is -4.46. The quantitative estimate of drug-likeness (QED) is 0.446. The number of carbonyl (C=O) groups is 1. The summed E-state index contributed by atoms with van der Waals surface area (Å²) in [4.78, 5) is 11.7. The van der Waals surface area contributed by atoms with Gasteiger partial charge in [-0.3, -0.25) is 4.79 Å². The Hall–Kier alpha value is -0.770. The first-order valence-electron chi connectivity index (χ1n) is 6.44. The minimum absolute atomic E-state index is 0.0711. The zero-order valence-corrected chi connectivity index (χ0v) is 11.9. The van der Waals surface area contributed by atoms with Crippen LogP contribution >= 0.6 is 0 Å². The number of hydrogen-bond acceptors (Lipinski definition) is 7. The number of methoxy groups -OCH3 is 2. The molecule has 1 amide bonds. The van der Waals surface area contributed by atoms with E-state index in [1.165, 1.54) is 14.2 Å². The molecular weight excluding hydrogens is 270 g/mol. The number of ether oxygens (including phenoxy) is 3. The largest absolute Gasteiger partial charge is 0.396 e. The summed E-state index contributed by atoms with van der Waals surface area (Å²) in [5.41, 5.74) is 0. The lowest BCUT2D eigenvalue weighted by Gasteiger charge is -2.42. The molecule has 1 fully saturated rings. The average Bonchev–Trinajstić information content (AvgIpc) is 2.42. The molecule has 0 saturated carbocycles. The van der Waals surface area contributed by atoms with Crippen molar-refractivity contribution in [3.63, 3.8) is 0 Å². The minimum atomic E-state index is -1.33. The van der Waals surface area contributed by atoms with Gasteiger partial charge in [0, 0.05) is 27.2 Å². The summed E-state index contributed by atoms with van der Waals surface area (Å²) < 4.78 is 15.7. The summed E-state index contributed by atoms with van der Waals surface area (Å²) in [7, 11) is 2.83. The van der Waals surface area contributed by atoms with Gasteiger partial charge in [0.05, 0.1) is 12.1 Å². The van der Waals surface area contributed by atoms with E-state index in [-0.39, 0.29) is 13.0 Å². The normalized spacial score (nSPS) is 35.6. The standard InChI is InChI=1S/C12H23NO7/c1-6-8(13-11(17)7(15)4-5-14)9(16)10(18-2)12(19-3)20-6/h6-10,12,14-16H,4-5H2,1-3H3,(H,13,17)/t6-,7+,8-,9+,10+,12+/m1/s1. The number of aliphatic hydroxyl groups excluding tert-OH is 3. The lowest BCUT2D eigenvalue weighted by Crippen LogP contribution is -2.64. The molecule has 1 rings (SSSR count). The first kappa shape index (κ1) is 17.3. The summed E-state index contributed by atoms with van der Waals surface area (Å²) in [6, 6.07) is -0.743. The molecule has 118 valence electrons. The molecule has 0 aromatic heterocycles. The van der Waals surface area contributed by atoms with Crippen molar-refractivity contribution in [2.45, 2.75) is 50.1 Å². The number of nitrogens with one attached hydrogen (secondary N) is 1. The van der Waals surface area contributed by atoms with Crippen LogP contribution in [0.4, 0.5) is 0 Å². The van der Waals surface area contributed by atoms with Crippen LogP contribution in [0.2, 0.25) is 0 Å². The maximum Gasteiger partial charge on any atom is 0.249 e. The Bertz CT molecular complexity index is 314. The molecule has 20 heavy (non-hydrogen) atoms. The van der Waals surface area contributed by atoms with Crippen LogP contribution < -0.4 is 5.32 Å². The fourth-order valence-corrected chi connectivity index (χ4v) is 2.17. The second-order valence-corrected chi connectivity index (χ2v) is 4.70. The van der Waals surface area contributed by atoms with Gasteiger partial charge in [0.2, 0.25) is 5.91 Å². The van der Waals surface area contributed by atoms with Crippen LogP contribution in [0.15, 0.2) is 0 Å². The highest BCUT2D eigenvalue weighted by atomic mass is 16.7. The molecule has 1 aliphatic rings. The van der Waals surface area contributed by atoms with Gasteiger partial charge in [-0.15, -0.1) is 0 Å². The lowest BCUT2D eigenvalue weighted by atomic mass is 9.96. The van der Waals surface area contributed by atoms with Crippen molar-refractivity contribution >= 4 is 5.91 Å².